The van der Waals surface area contributed by atoms with Crippen LogP contribution in [-0.4, -0.2) is 67.0 Å². The number of ether oxygens (including phenoxy) is 2. The lowest BCUT2D eigenvalue weighted by Gasteiger charge is -2.22. The van der Waals surface area contributed by atoms with Gasteiger partial charge in [-0.2, -0.15) is 0 Å². The first kappa shape index (κ1) is 22.4. The van der Waals surface area contributed by atoms with Crippen molar-refractivity contribution in [1.82, 2.24) is 10.2 Å². The molecule has 2 heterocycles. The highest BCUT2D eigenvalue weighted by Crippen LogP contribution is 2.20. The maximum Gasteiger partial charge on any atom is 0.410 e. The largest absolute Gasteiger partial charge is 0.490 e. The van der Waals surface area contributed by atoms with Gasteiger partial charge in [0.1, 0.15) is 18.4 Å². The lowest BCUT2D eigenvalue weighted by Crippen LogP contribution is -2.32. The molecule has 0 radical (unpaired) electrons. The molecular formula is C22H33N3O5. The molecule has 8 heteroatoms. The van der Waals surface area contributed by atoms with Crippen molar-refractivity contribution < 1.29 is 24.2 Å². The summed E-state index contributed by atoms with van der Waals surface area (Å²) in [5.74, 6) is 0.456. The second kappa shape index (κ2) is 11.2. The molecule has 1 amide bonds. The summed E-state index contributed by atoms with van der Waals surface area (Å²) in [6.45, 7) is 3.84. The number of aliphatic carboxylic acids is 1. The van der Waals surface area contributed by atoms with E-state index in [0.29, 0.717) is 18.9 Å². The fourth-order valence-electron chi connectivity index (χ4n) is 4.00. The van der Waals surface area contributed by atoms with Crippen LogP contribution in [0.2, 0.25) is 0 Å². The van der Waals surface area contributed by atoms with E-state index in [1.54, 1.807) is 29.2 Å². The monoisotopic (exact) mass is 419 g/mol. The number of cyclic esters (lactones) is 1. The van der Waals surface area contributed by atoms with Gasteiger partial charge in [0.05, 0.1) is 6.54 Å². The minimum absolute atomic E-state index is 0.261. The van der Waals surface area contributed by atoms with Crippen molar-refractivity contribution in [2.24, 2.45) is 11.7 Å². The van der Waals surface area contributed by atoms with E-state index in [0.717, 1.165) is 44.0 Å². The third-order valence-corrected chi connectivity index (χ3v) is 5.83. The molecular weight excluding hydrogens is 386 g/mol. The maximum absolute atomic E-state index is 12.1. The van der Waals surface area contributed by atoms with Crippen LogP contribution in [-0.2, 0) is 16.0 Å². The van der Waals surface area contributed by atoms with Crippen molar-refractivity contribution >= 4 is 12.1 Å². The van der Waals surface area contributed by atoms with Crippen LogP contribution in [0.15, 0.2) is 24.3 Å². The third-order valence-electron chi connectivity index (χ3n) is 5.83. The van der Waals surface area contributed by atoms with Crippen molar-refractivity contribution in [3.8, 4) is 5.75 Å². The summed E-state index contributed by atoms with van der Waals surface area (Å²) in [4.78, 5) is 24.7. The van der Waals surface area contributed by atoms with Gasteiger partial charge in [0.25, 0.3) is 0 Å². The van der Waals surface area contributed by atoms with Gasteiger partial charge in [-0.1, -0.05) is 25.0 Å². The van der Waals surface area contributed by atoms with Crippen LogP contribution in [0.4, 0.5) is 4.79 Å². The number of nitrogens with two attached hydrogens (primary N) is 1. The molecule has 8 nitrogen and oxygen atoms in total. The number of unbranched alkanes of at least 4 members (excludes halogenated alkanes) is 1. The van der Waals surface area contributed by atoms with E-state index in [-0.39, 0.29) is 18.6 Å². The number of nitrogens with one attached hydrogen (secondary N) is 1. The van der Waals surface area contributed by atoms with Crippen LogP contribution in [0.3, 0.4) is 0 Å². The molecule has 30 heavy (non-hydrogen) atoms. The molecule has 3 rings (SSSR count). The van der Waals surface area contributed by atoms with Gasteiger partial charge in [-0.25, -0.2) is 4.79 Å². The molecule has 0 spiro atoms. The van der Waals surface area contributed by atoms with Gasteiger partial charge in [-0.3, -0.25) is 4.79 Å². The Labute approximate surface area is 177 Å². The molecule has 166 valence electrons. The zero-order valence-corrected chi connectivity index (χ0v) is 17.4. The van der Waals surface area contributed by atoms with Gasteiger partial charge in [-0.05, 0) is 62.4 Å². The zero-order chi connectivity index (χ0) is 21.3. The van der Waals surface area contributed by atoms with Crippen LogP contribution in [0.1, 0.15) is 37.7 Å². The topological polar surface area (TPSA) is 114 Å². The molecule has 2 aliphatic heterocycles. The smallest absolute Gasteiger partial charge is 0.410 e. The number of carboxylic acid groups (broad SMARTS) is 1. The highest BCUT2D eigenvalue weighted by Gasteiger charge is 2.31. The molecule has 0 saturated carbocycles. The standard InChI is InChI=1S/C22H33N3O5/c23-20(21(26)27)13-17-4-6-18(7-5-17)29-15-19-14-25(22(28)30-19)12-2-1-3-16-8-10-24-11-9-16/h4-7,16,19-20,24H,1-3,8-15,23H2,(H,26,27). The van der Waals surface area contributed by atoms with E-state index < -0.39 is 12.0 Å². The predicted molar refractivity (Wildman–Crippen MR) is 113 cm³/mol. The highest BCUT2D eigenvalue weighted by atomic mass is 16.6. The van der Waals surface area contributed by atoms with Crippen molar-refractivity contribution in [3.63, 3.8) is 0 Å². The van der Waals surface area contributed by atoms with Gasteiger partial charge >= 0.3 is 12.1 Å². The van der Waals surface area contributed by atoms with Gasteiger partial charge in [-0.15, -0.1) is 0 Å². The van der Waals surface area contributed by atoms with Crippen molar-refractivity contribution in [1.29, 1.82) is 0 Å². The quantitative estimate of drug-likeness (QED) is 0.470. The summed E-state index contributed by atoms with van der Waals surface area (Å²) >= 11 is 0. The summed E-state index contributed by atoms with van der Waals surface area (Å²) in [7, 11) is 0. The van der Waals surface area contributed by atoms with Crippen molar-refractivity contribution in [2.75, 3.05) is 32.8 Å². The molecule has 1 aromatic carbocycles. The van der Waals surface area contributed by atoms with Crippen LogP contribution >= 0.6 is 0 Å². The van der Waals surface area contributed by atoms with E-state index in [4.69, 9.17) is 20.3 Å². The minimum atomic E-state index is -1.02. The van der Waals surface area contributed by atoms with Crippen LogP contribution in [0, 0.1) is 5.92 Å². The zero-order valence-electron chi connectivity index (χ0n) is 17.4. The van der Waals surface area contributed by atoms with Gasteiger partial charge < -0.3 is 30.5 Å². The molecule has 2 saturated heterocycles. The molecule has 0 aromatic heterocycles. The Balaban J connectivity index is 1.33. The number of rotatable bonds is 11. The first-order chi connectivity index (χ1) is 14.5. The molecule has 4 N–H and O–H groups in total. The van der Waals surface area contributed by atoms with E-state index >= 15 is 0 Å². The predicted octanol–water partition coefficient (Wildman–Crippen LogP) is 2.01. The Kier molecular flexibility index (Phi) is 8.33. The first-order valence-electron chi connectivity index (χ1n) is 10.9. The Morgan fingerprint density at radius 1 is 1.27 bits per heavy atom. The van der Waals surface area contributed by atoms with Gasteiger partial charge in [0, 0.05) is 6.54 Å². The van der Waals surface area contributed by atoms with Gasteiger partial charge in [0.15, 0.2) is 6.10 Å². The Hall–Kier alpha value is -2.32. The fourth-order valence-corrected chi connectivity index (χ4v) is 4.00. The molecule has 2 unspecified atom stereocenters. The number of benzene rings is 1. The van der Waals surface area contributed by atoms with E-state index in [9.17, 15) is 9.59 Å². The SMILES string of the molecule is NC(Cc1ccc(OCC2CN(CCCCC3CCNCC3)C(=O)O2)cc1)C(=O)O. The summed E-state index contributed by atoms with van der Waals surface area (Å²) in [5, 5.41) is 12.3. The molecule has 0 bridgehead atoms. The average Bonchev–Trinajstić information content (AvgIpc) is 3.11. The molecule has 2 aliphatic rings. The summed E-state index contributed by atoms with van der Waals surface area (Å²) in [6, 6.07) is 6.24. The van der Waals surface area contributed by atoms with E-state index in [1.807, 2.05) is 0 Å². The second-order valence-corrected chi connectivity index (χ2v) is 8.24. The molecule has 0 aliphatic carbocycles. The van der Waals surface area contributed by atoms with Crippen LogP contribution in [0.25, 0.3) is 0 Å². The van der Waals surface area contributed by atoms with E-state index in [2.05, 4.69) is 5.32 Å². The summed E-state index contributed by atoms with van der Waals surface area (Å²) < 4.78 is 11.2. The lowest BCUT2D eigenvalue weighted by atomic mass is 9.92. The van der Waals surface area contributed by atoms with Crippen LogP contribution in [0.5, 0.6) is 5.75 Å². The molecule has 1 aromatic rings. The first-order valence-corrected chi connectivity index (χ1v) is 10.9. The van der Waals surface area contributed by atoms with Crippen molar-refractivity contribution in [2.45, 2.75) is 50.7 Å². The number of piperidine rings is 1. The fraction of sp³-hybridized carbons (Fsp3) is 0.636. The summed E-state index contributed by atoms with van der Waals surface area (Å²) in [5.41, 5.74) is 6.38. The number of carbonyl (C=O) groups is 2. The third kappa shape index (κ3) is 6.88. The van der Waals surface area contributed by atoms with Crippen LogP contribution < -0.4 is 15.8 Å². The lowest BCUT2D eigenvalue weighted by molar-refractivity contribution is -0.138. The molecule has 2 fully saturated rings. The Morgan fingerprint density at radius 3 is 2.70 bits per heavy atom. The Bertz CT molecular complexity index is 691. The number of amides is 1. The second-order valence-electron chi connectivity index (χ2n) is 8.24. The number of nitrogens with zero attached hydrogens (tertiary/aromatic N) is 1. The number of carbonyl (C=O) groups excluding carboxylic acids is 1. The van der Waals surface area contributed by atoms with E-state index in [1.165, 1.54) is 19.3 Å². The normalized spacial score (nSPS) is 20.8. The number of hydrogen-bond donors (Lipinski definition) is 3. The maximum atomic E-state index is 12.1. The van der Waals surface area contributed by atoms with Gasteiger partial charge in [0.2, 0.25) is 0 Å². The Morgan fingerprint density at radius 2 is 2.00 bits per heavy atom. The van der Waals surface area contributed by atoms with Crippen molar-refractivity contribution in [3.05, 3.63) is 29.8 Å². The molecule has 2 atom stereocenters. The average molecular weight is 420 g/mol. The summed E-state index contributed by atoms with van der Waals surface area (Å²) in [6.07, 6.45) is 5.65. The minimum Gasteiger partial charge on any atom is -0.490 e. The highest BCUT2D eigenvalue weighted by molar-refractivity contribution is 5.73. The number of hydrogen-bond acceptors (Lipinski definition) is 6. The number of carboxylic acids is 1.